The van der Waals surface area contributed by atoms with Crippen molar-refractivity contribution in [3.8, 4) is 5.88 Å². The highest BCUT2D eigenvalue weighted by molar-refractivity contribution is 5.77. The van der Waals surface area contributed by atoms with Gasteiger partial charge in [0, 0.05) is 18.2 Å². The number of anilines is 1. The number of rotatable bonds is 4. The molecule has 9 heteroatoms. The van der Waals surface area contributed by atoms with Crippen LogP contribution in [0.3, 0.4) is 0 Å². The van der Waals surface area contributed by atoms with Crippen molar-refractivity contribution in [2.24, 2.45) is 5.10 Å². The molecule has 3 rings (SSSR count). The van der Waals surface area contributed by atoms with E-state index < -0.39 is 17.6 Å². The van der Waals surface area contributed by atoms with Gasteiger partial charge in [-0.2, -0.15) is 23.3 Å². The van der Waals surface area contributed by atoms with E-state index in [1.807, 2.05) is 4.90 Å². The summed E-state index contributed by atoms with van der Waals surface area (Å²) in [5.41, 5.74) is 1.80. The second kappa shape index (κ2) is 6.96. The Balaban J connectivity index is 1.69. The van der Waals surface area contributed by atoms with Crippen LogP contribution >= 0.6 is 0 Å². The number of ether oxygens (including phenoxy) is 1. The molecule has 1 aromatic heterocycles. The van der Waals surface area contributed by atoms with E-state index in [2.05, 4.69) is 15.5 Å². The fraction of sp³-hybridized carbons (Fsp3) is 0.250. The molecule has 1 aliphatic heterocycles. The standard InChI is InChI=1S/C16H14F4N4O/c17-13-8-12(16(18,19)20)5-4-11(13)9-25-15-3-1-2-14(23-15)24-7-6-21-22-10-24/h1-5,8,10,21H,6-7,9H2. The lowest BCUT2D eigenvalue weighted by atomic mass is 10.1. The zero-order valence-corrected chi connectivity index (χ0v) is 12.9. The van der Waals surface area contributed by atoms with Gasteiger partial charge in [-0.3, -0.25) is 0 Å². The van der Waals surface area contributed by atoms with E-state index in [0.29, 0.717) is 25.0 Å². The molecule has 0 atom stereocenters. The van der Waals surface area contributed by atoms with Gasteiger partial charge in [-0.25, -0.2) is 4.39 Å². The molecule has 0 unspecified atom stereocenters. The molecule has 0 saturated heterocycles. The summed E-state index contributed by atoms with van der Waals surface area (Å²) in [4.78, 5) is 6.09. The molecule has 0 bridgehead atoms. The number of hydrazone groups is 1. The molecule has 1 aliphatic rings. The Morgan fingerprint density at radius 1 is 1.20 bits per heavy atom. The summed E-state index contributed by atoms with van der Waals surface area (Å²) >= 11 is 0. The number of nitrogens with one attached hydrogen (secondary N) is 1. The Bertz CT molecular complexity index is 779. The summed E-state index contributed by atoms with van der Waals surface area (Å²) in [5.74, 6) is -0.125. The first-order chi connectivity index (χ1) is 11.9. The number of alkyl halides is 3. The summed E-state index contributed by atoms with van der Waals surface area (Å²) in [6, 6.07) is 7.41. The van der Waals surface area contributed by atoms with Gasteiger partial charge in [0.25, 0.3) is 0 Å². The summed E-state index contributed by atoms with van der Waals surface area (Å²) < 4.78 is 56.9. The first-order valence-corrected chi connectivity index (χ1v) is 7.41. The van der Waals surface area contributed by atoms with E-state index in [1.54, 1.807) is 24.5 Å². The lowest BCUT2D eigenvalue weighted by Gasteiger charge is -2.22. The molecule has 0 amide bonds. The molecule has 2 aromatic rings. The zero-order chi connectivity index (χ0) is 17.9. The van der Waals surface area contributed by atoms with Gasteiger partial charge in [-0.05, 0) is 18.2 Å². The van der Waals surface area contributed by atoms with Crippen LogP contribution in [0.25, 0.3) is 0 Å². The average Bonchev–Trinajstić information content (AvgIpc) is 2.61. The van der Waals surface area contributed by atoms with E-state index in [0.717, 1.165) is 12.1 Å². The third-order valence-corrected chi connectivity index (χ3v) is 3.51. The minimum Gasteiger partial charge on any atom is -0.473 e. The molecule has 0 radical (unpaired) electrons. The molecule has 0 spiro atoms. The number of pyridine rings is 1. The smallest absolute Gasteiger partial charge is 0.416 e. The molecule has 132 valence electrons. The lowest BCUT2D eigenvalue weighted by Crippen LogP contribution is -2.35. The number of aromatic nitrogens is 1. The van der Waals surface area contributed by atoms with Crippen molar-refractivity contribution in [3.05, 3.63) is 53.3 Å². The van der Waals surface area contributed by atoms with Crippen molar-refractivity contribution in [1.29, 1.82) is 0 Å². The lowest BCUT2D eigenvalue weighted by molar-refractivity contribution is -0.137. The van der Waals surface area contributed by atoms with Crippen LogP contribution in [-0.2, 0) is 12.8 Å². The van der Waals surface area contributed by atoms with Crippen molar-refractivity contribution in [1.82, 2.24) is 10.4 Å². The van der Waals surface area contributed by atoms with Crippen LogP contribution in [0.5, 0.6) is 5.88 Å². The molecule has 1 aromatic carbocycles. The largest absolute Gasteiger partial charge is 0.473 e. The van der Waals surface area contributed by atoms with E-state index in [1.165, 1.54) is 0 Å². The van der Waals surface area contributed by atoms with Crippen molar-refractivity contribution >= 4 is 12.2 Å². The fourth-order valence-corrected chi connectivity index (χ4v) is 2.21. The maximum atomic E-state index is 13.8. The monoisotopic (exact) mass is 354 g/mol. The summed E-state index contributed by atoms with van der Waals surface area (Å²) in [6.45, 7) is 1.11. The van der Waals surface area contributed by atoms with Crippen molar-refractivity contribution in [2.45, 2.75) is 12.8 Å². The van der Waals surface area contributed by atoms with Crippen LogP contribution in [0.2, 0.25) is 0 Å². The van der Waals surface area contributed by atoms with Crippen LogP contribution in [0.1, 0.15) is 11.1 Å². The van der Waals surface area contributed by atoms with E-state index in [9.17, 15) is 17.6 Å². The van der Waals surface area contributed by atoms with Gasteiger partial charge < -0.3 is 15.1 Å². The van der Waals surface area contributed by atoms with Crippen LogP contribution in [0, 0.1) is 5.82 Å². The molecule has 1 N–H and O–H groups in total. The predicted octanol–water partition coefficient (Wildman–Crippen LogP) is 3.17. The van der Waals surface area contributed by atoms with Gasteiger partial charge in [0.1, 0.15) is 24.6 Å². The molecular weight excluding hydrogens is 340 g/mol. The number of nitrogens with zero attached hydrogens (tertiary/aromatic N) is 3. The van der Waals surface area contributed by atoms with Gasteiger partial charge >= 0.3 is 6.18 Å². The minimum atomic E-state index is -4.58. The Labute approximate surface area is 140 Å². The Morgan fingerprint density at radius 3 is 2.72 bits per heavy atom. The maximum absolute atomic E-state index is 13.8. The second-order valence-corrected chi connectivity index (χ2v) is 5.27. The summed E-state index contributed by atoms with van der Waals surface area (Å²) in [5, 5.41) is 3.93. The van der Waals surface area contributed by atoms with Crippen LogP contribution in [-0.4, -0.2) is 24.4 Å². The van der Waals surface area contributed by atoms with Gasteiger partial charge in [0.2, 0.25) is 5.88 Å². The van der Waals surface area contributed by atoms with Gasteiger partial charge in [0.15, 0.2) is 0 Å². The zero-order valence-electron chi connectivity index (χ0n) is 12.9. The number of benzene rings is 1. The number of halogens is 4. The highest BCUT2D eigenvalue weighted by Gasteiger charge is 2.31. The SMILES string of the molecule is Fc1cc(C(F)(F)F)ccc1COc1cccc(N2C=NNCC2)n1. The van der Waals surface area contributed by atoms with E-state index in [4.69, 9.17) is 4.74 Å². The van der Waals surface area contributed by atoms with Crippen LogP contribution < -0.4 is 15.1 Å². The predicted molar refractivity (Wildman–Crippen MR) is 83.8 cm³/mol. The molecule has 0 aliphatic carbocycles. The molecule has 5 nitrogen and oxygen atoms in total. The van der Waals surface area contributed by atoms with Gasteiger partial charge in [0.05, 0.1) is 12.1 Å². The van der Waals surface area contributed by atoms with Crippen LogP contribution in [0.15, 0.2) is 41.5 Å². The maximum Gasteiger partial charge on any atom is 0.416 e. The molecule has 2 heterocycles. The average molecular weight is 354 g/mol. The third-order valence-electron chi connectivity index (χ3n) is 3.51. The van der Waals surface area contributed by atoms with Gasteiger partial charge in [-0.1, -0.05) is 12.1 Å². The first-order valence-electron chi connectivity index (χ1n) is 7.41. The Kier molecular flexibility index (Phi) is 4.73. The Morgan fingerprint density at radius 2 is 2.04 bits per heavy atom. The fourth-order valence-electron chi connectivity index (χ4n) is 2.21. The van der Waals surface area contributed by atoms with Crippen molar-refractivity contribution in [2.75, 3.05) is 18.0 Å². The topological polar surface area (TPSA) is 49.8 Å². The molecule has 0 saturated carbocycles. The van der Waals surface area contributed by atoms with Crippen LogP contribution in [0.4, 0.5) is 23.4 Å². The summed E-state index contributed by atoms with van der Waals surface area (Å²) in [7, 11) is 0. The molecular formula is C16H14F4N4O. The number of hydrogen-bond acceptors (Lipinski definition) is 5. The summed E-state index contributed by atoms with van der Waals surface area (Å²) in [6.07, 6.45) is -2.99. The minimum absolute atomic E-state index is 0.0175. The van der Waals surface area contributed by atoms with Gasteiger partial charge in [-0.15, -0.1) is 0 Å². The Hall–Kier alpha value is -2.84. The third kappa shape index (κ3) is 4.17. The molecule has 0 fully saturated rings. The highest BCUT2D eigenvalue weighted by atomic mass is 19.4. The van der Waals surface area contributed by atoms with E-state index in [-0.39, 0.29) is 18.1 Å². The first kappa shape index (κ1) is 17.0. The highest BCUT2D eigenvalue weighted by Crippen LogP contribution is 2.30. The quantitative estimate of drug-likeness (QED) is 0.857. The normalized spacial score (nSPS) is 14.3. The van der Waals surface area contributed by atoms with E-state index >= 15 is 0 Å². The number of hydrogen-bond donors (Lipinski definition) is 1. The van der Waals surface area contributed by atoms with Crippen molar-refractivity contribution in [3.63, 3.8) is 0 Å². The van der Waals surface area contributed by atoms with Crippen molar-refractivity contribution < 1.29 is 22.3 Å². The molecule has 25 heavy (non-hydrogen) atoms. The second-order valence-electron chi connectivity index (χ2n) is 5.27.